The van der Waals surface area contributed by atoms with Gasteiger partial charge in [0.1, 0.15) is 5.69 Å². The van der Waals surface area contributed by atoms with Gasteiger partial charge in [0.15, 0.2) is 0 Å². The smallest absolute Gasteiger partial charge is 0.272 e. The lowest BCUT2D eigenvalue weighted by Gasteiger charge is -2.42. The molecule has 150 valence electrons. The van der Waals surface area contributed by atoms with Crippen molar-refractivity contribution < 1.29 is 9.53 Å². The van der Waals surface area contributed by atoms with Crippen LogP contribution in [0.3, 0.4) is 0 Å². The molecule has 28 heavy (non-hydrogen) atoms. The molecule has 0 radical (unpaired) electrons. The van der Waals surface area contributed by atoms with Crippen molar-refractivity contribution in [2.45, 2.75) is 45.4 Å². The number of ether oxygens (including phenoxy) is 1. The summed E-state index contributed by atoms with van der Waals surface area (Å²) in [6, 6.07) is 12.1. The minimum Gasteiger partial charge on any atom is -0.373 e. The molecule has 0 spiro atoms. The van der Waals surface area contributed by atoms with Gasteiger partial charge in [-0.05, 0) is 51.4 Å². The second-order valence-electron chi connectivity index (χ2n) is 7.76. The van der Waals surface area contributed by atoms with Crippen LogP contribution in [0.25, 0.3) is 0 Å². The molecule has 1 amide bonds. The summed E-state index contributed by atoms with van der Waals surface area (Å²) in [5.41, 5.74) is 2.69. The molecule has 0 unspecified atom stereocenters. The van der Waals surface area contributed by atoms with E-state index in [1.54, 1.807) is 0 Å². The molecule has 0 bridgehead atoms. The first-order chi connectivity index (χ1) is 13.7. The van der Waals surface area contributed by atoms with E-state index in [0.717, 1.165) is 30.9 Å². The standard InChI is InChI=1S/C22H30N4O2/c1-3-26-19(15-17(2)23-26)22(27)25-13-14-28-20(16-24-11-7-8-12-24)21(25)18-9-5-4-6-10-18/h4-6,9-10,15,20-21H,3,7-8,11-14,16H2,1-2H3/t20-,21-/m0/s1. The van der Waals surface area contributed by atoms with E-state index < -0.39 is 0 Å². The van der Waals surface area contributed by atoms with Crippen molar-refractivity contribution in [1.29, 1.82) is 0 Å². The molecule has 2 atom stereocenters. The van der Waals surface area contributed by atoms with Crippen molar-refractivity contribution in [2.75, 3.05) is 32.8 Å². The van der Waals surface area contributed by atoms with Gasteiger partial charge in [0.25, 0.3) is 5.91 Å². The summed E-state index contributed by atoms with van der Waals surface area (Å²) >= 11 is 0. The van der Waals surface area contributed by atoms with Gasteiger partial charge in [0.2, 0.25) is 0 Å². The molecule has 2 aromatic rings. The number of hydrogen-bond donors (Lipinski definition) is 0. The number of hydrogen-bond acceptors (Lipinski definition) is 4. The highest BCUT2D eigenvalue weighted by atomic mass is 16.5. The van der Waals surface area contributed by atoms with E-state index in [1.165, 1.54) is 12.8 Å². The molecule has 0 N–H and O–H groups in total. The van der Waals surface area contributed by atoms with E-state index in [2.05, 4.69) is 22.1 Å². The van der Waals surface area contributed by atoms with Crippen LogP contribution >= 0.6 is 0 Å². The van der Waals surface area contributed by atoms with Crippen LogP contribution < -0.4 is 0 Å². The van der Waals surface area contributed by atoms with Crippen LogP contribution in [0.15, 0.2) is 36.4 Å². The second kappa shape index (κ2) is 8.45. The number of carbonyl (C=O) groups is 1. The molecule has 4 rings (SSSR count). The third kappa shape index (κ3) is 3.84. The zero-order valence-corrected chi connectivity index (χ0v) is 16.9. The van der Waals surface area contributed by atoms with E-state index >= 15 is 0 Å². The van der Waals surface area contributed by atoms with Crippen LogP contribution in [0.4, 0.5) is 0 Å². The van der Waals surface area contributed by atoms with E-state index in [9.17, 15) is 4.79 Å². The lowest BCUT2D eigenvalue weighted by molar-refractivity contribution is -0.0710. The fourth-order valence-corrected chi connectivity index (χ4v) is 4.48. The Bertz CT molecular complexity index is 798. The molecule has 6 heteroatoms. The van der Waals surface area contributed by atoms with Gasteiger partial charge in [-0.2, -0.15) is 5.10 Å². The zero-order valence-electron chi connectivity index (χ0n) is 16.9. The van der Waals surface area contributed by atoms with Crippen LogP contribution in [0, 0.1) is 6.92 Å². The highest BCUT2D eigenvalue weighted by molar-refractivity contribution is 5.93. The predicted molar refractivity (Wildman–Crippen MR) is 108 cm³/mol. The molecule has 0 saturated carbocycles. The van der Waals surface area contributed by atoms with E-state index in [-0.39, 0.29) is 18.1 Å². The lowest BCUT2D eigenvalue weighted by Crippen LogP contribution is -2.51. The Morgan fingerprint density at radius 1 is 1.18 bits per heavy atom. The van der Waals surface area contributed by atoms with Crippen molar-refractivity contribution in [2.24, 2.45) is 0 Å². The number of aryl methyl sites for hydroxylation is 2. The fraction of sp³-hybridized carbons (Fsp3) is 0.545. The second-order valence-corrected chi connectivity index (χ2v) is 7.76. The number of likely N-dealkylation sites (tertiary alicyclic amines) is 1. The Kier molecular flexibility index (Phi) is 5.78. The molecule has 0 aliphatic carbocycles. The van der Waals surface area contributed by atoms with Crippen molar-refractivity contribution >= 4 is 5.91 Å². The molecule has 3 heterocycles. The van der Waals surface area contributed by atoms with E-state index in [1.807, 2.05) is 47.7 Å². The molecular weight excluding hydrogens is 352 g/mol. The third-order valence-corrected chi connectivity index (χ3v) is 5.81. The molecule has 2 saturated heterocycles. The number of rotatable bonds is 5. The maximum Gasteiger partial charge on any atom is 0.272 e. The molecule has 6 nitrogen and oxygen atoms in total. The summed E-state index contributed by atoms with van der Waals surface area (Å²) in [7, 11) is 0. The Labute approximate surface area is 167 Å². The molecule has 2 aliphatic rings. The van der Waals surface area contributed by atoms with Gasteiger partial charge in [0, 0.05) is 19.6 Å². The maximum atomic E-state index is 13.6. The topological polar surface area (TPSA) is 50.6 Å². The van der Waals surface area contributed by atoms with Crippen LogP contribution in [-0.2, 0) is 11.3 Å². The largest absolute Gasteiger partial charge is 0.373 e. The monoisotopic (exact) mass is 382 g/mol. The first-order valence-corrected chi connectivity index (χ1v) is 10.4. The summed E-state index contributed by atoms with van der Waals surface area (Å²) in [6.07, 6.45) is 2.48. The Morgan fingerprint density at radius 3 is 2.64 bits per heavy atom. The SMILES string of the molecule is CCn1nc(C)cc1C(=O)N1CCO[C@@H](CN2CCCC2)[C@@H]1c1ccccc1. The van der Waals surface area contributed by atoms with Gasteiger partial charge >= 0.3 is 0 Å². The van der Waals surface area contributed by atoms with Crippen molar-refractivity contribution in [1.82, 2.24) is 19.6 Å². The number of nitrogens with zero attached hydrogens (tertiary/aromatic N) is 4. The Morgan fingerprint density at radius 2 is 1.93 bits per heavy atom. The molecule has 1 aromatic heterocycles. The van der Waals surface area contributed by atoms with E-state index in [0.29, 0.717) is 25.4 Å². The number of carbonyl (C=O) groups excluding carboxylic acids is 1. The summed E-state index contributed by atoms with van der Waals surface area (Å²) in [4.78, 5) is 18.0. The number of amides is 1. The first-order valence-electron chi connectivity index (χ1n) is 10.4. The minimum absolute atomic E-state index is 0.0164. The molecule has 1 aromatic carbocycles. The van der Waals surface area contributed by atoms with Crippen LogP contribution in [-0.4, -0.2) is 64.4 Å². The summed E-state index contributed by atoms with van der Waals surface area (Å²) in [5, 5.41) is 4.47. The number of morpholine rings is 1. The Balaban J connectivity index is 1.66. The lowest BCUT2D eigenvalue weighted by atomic mass is 9.97. The maximum absolute atomic E-state index is 13.6. The van der Waals surface area contributed by atoms with Crippen LogP contribution in [0.2, 0.25) is 0 Å². The average Bonchev–Trinajstić information content (AvgIpc) is 3.37. The van der Waals surface area contributed by atoms with Gasteiger partial charge in [-0.25, -0.2) is 0 Å². The normalized spacial score (nSPS) is 23.3. The summed E-state index contributed by atoms with van der Waals surface area (Å²) in [6.45, 7) is 8.94. The first kappa shape index (κ1) is 19.2. The molecule has 2 fully saturated rings. The number of aromatic nitrogens is 2. The quantitative estimate of drug-likeness (QED) is 0.798. The van der Waals surface area contributed by atoms with Gasteiger partial charge in [-0.1, -0.05) is 30.3 Å². The molecule has 2 aliphatic heterocycles. The van der Waals surface area contributed by atoms with Crippen molar-refractivity contribution in [3.05, 3.63) is 53.3 Å². The zero-order chi connectivity index (χ0) is 19.5. The fourth-order valence-electron chi connectivity index (χ4n) is 4.48. The predicted octanol–water partition coefficient (Wildman–Crippen LogP) is 2.89. The Hall–Kier alpha value is -2.18. The van der Waals surface area contributed by atoms with Crippen LogP contribution in [0.5, 0.6) is 0 Å². The van der Waals surface area contributed by atoms with Gasteiger partial charge in [-0.3, -0.25) is 9.48 Å². The van der Waals surface area contributed by atoms with E-state index in [4.69, 9.17) is 4.74 Å². The average molecular weight is 383 g/mol. The minimum atomic E-state index is -0.0800. The van der Waals surface area contributed by atoms with Gasteiger partial charge in [-0.15, -0.1) is 0 Å². The van der Waals surface area contributed by atoms with Crippen LogP contribution in [0.1, 0.15) is 47.6 Å². The molecular formula is C22H30N4O2. The van der Waals surface area contributed by atoms with Crippen molar-refractivity contribution in [3.8, 4) is 0 Å². The number of benzene rings is 1. The van der Waals surface area contributed by atoms with Gasteiger partial charge < -0.3 is 14.5 Å². The summed E-state index contributed by atoms with van der Waals surface area (Å²) in [5.74, 6) is 0.0472. The third-order valence-electron chi connectivity index (χ3n) is 5.81. The van der Waals surface area contributed by atoms with Crippen molar-refractivity contribution in [3.63, 3.8) is 0 Å². The van der Waals surface area contributed by atoms with Gasteiger partial charge in [0.05, 0.1) is 24.4 Å². The summed E-state index contributed by atoms with van der Waals surface area (Å²) < 4.78 is 8.04. The highest BCUT2D eigenvalue weighted by Crippen LogP contribution is 2.32. The highest BCUT2D eigenvalue weighted by Gasteiger charge is 2.38.